The van der Waals surface area contributed by atoms with Crippen LogP contribution in [0.1, 0.15) is 40.0 Å². The van der Waals surface area contributed by atoms with Crippen molar-refractivity contribution in [2.24, 2.45) is 10.9 Å². The monoisotopic (exact) mass is 361 g/mol. The minimum Gasteiger partial charge on any atom is -0.490 e. The summed E-state index contributed by atoms with van der Waals surface area (Å²) in [6, 6.07) is 10.1. The van der Waals surface area contributed by atoms with Crippen LogP contribution in [0.4, 0.5) is 0 Å². The number of nitrogens with zero attached hydrogens (tertiary/aromatic N) is 2. The van der Waals surface area contributed by atoms with E-state index >= 15 is 0 Å². The Morgan fingerprint density at radius 1 is 1.23 bits per heavy atom. The SMILES string of the molecule is CCNC(=NCCCOCC(C)C)N1CCC(Oc2ccccc2)CC1. The molecule has 0 unspecified atom stereocenters. The van der Waals surface area contributed by atoms with E-state index in [1.807, 2.05) is 30.3 Å². The summed E-state index contributed by atoms with van der Waals surface area (Å²) in [6.07, 6.45) is 3.31. The first-order valence-electron chi connectivity index (χ1n) is 10.0. The van der Waals surface area contributed by atoms with E-state index in [0.29, 0.717) is 12.0 Å². The minimum atomic E-state index is 0.293. The van der Waals surface area contributed by atoms with Crippen molar-refractivity contribution in [3.63, 3.8) is 0 Å². The fourth-order valence-electron chi connectivity index (χ4n) is 2.97. The number of guanidine groups is 1. The van der Waals surface area contributed by atoms with Crippen molar-refractivity contribution in [1.29, 1.82) is 0 Å². The van der Waals surface area contributed by atoms with Crippen molar-refractivity contribution >= 4 is 5.96 Å². The lowest BCUT2D eigenvalue weighted by molar-refractivity contribution is 0.109. The topological polar surface area (TPSA) is 46.1 Å². The van der Waals surface area contributed by atoms with Gasteiger partial charge in [0.1, 0.15) is 11.9 Å². The second-order valence-electron chi connectivity index (χ2n) is 7.18. The third-order valence-corrected chi connectivity index (χ3v) is 4.28. The quantitative estimate of drug-likeness (QED) is 0.415. The molecule has 0 aliphatic carbocycles. The summed E-state index contributed by atoms with van der Waals surface area (Å²) in [4.78, 5) is 7.12. The highest BCUT2D eigenvalue weighted by Crippen LogP contribution is 2.18. The van der Waals surface area contributed by atoms with Gasteiger partial charge in [-0.25, -0.2) is 0 Å². The Morgan fingerprint density at radius 3 is 2.62 bits per heavy atom. The number of aliphatic imine (C=N–C) groups is 1. The number of rotatable bonds is 9. The molecule has 1 heterocycles. The molecule has 5 heteroatoms. The number of hydrogen-bond acceptors (Lipinski definition) is 3. The highest BCUT2D eigenvalue weighted by molar-refractivity contribution is 5.80. The van der Waals surface area contributed by atoms with Crippen LogP contribution in [0.25, 0.3) is 0 Å². The molecule has 0 saturated carbocycles. The van der Waals surface area contributed by atoms with Crippen molar-refractivity contribution < 1.29 is 9.47 Å². The number of ether oxygens (including phenoxy) is 2. The molecule has 26 heavy (non-hydrogen) atoms. The maximum atomic E-state index is 6.08. The van der Waals surface area contributed by atoms with Gasteiger partial charge in [-0.3, -0.25) is 4.99 Å². The molecule has 1 fully saturated rings. The van der Waals surface area contributed by atoms with E-state index in [9.17, 15) is 0 Å². The van der Waals surface area contributed by atoms with Gasteiger partial charge in [0.15, 0.2) is 5.96 Å². The Bertz CT molecular complexity index is 511. The lowest BCUT2D eigenvalue weighted by atomic mass is 10.1. The lowest BCUT2D eigenvalue weighted by Gasteiger charge is -2.34. The van der Waals surface area contributed by atoms with Gasteiger partial charge in [0.05, 0.1) is 0 Å². The molecule has 1 N–H and O–H groups in total. The van der Waals surface area contributed by atoms with Gasteiger partial charge in [-0.2, -0.15) is 0 Å². The second kappa shape index (κ2) is 11.8. The van der Waals surface area contributed by atoms with Gasteiger partial charge in [-0.15, -0.1) is 0 Å². The standard InChI is InChI=1S/C21H35N3O2/c1-4-22-21(23-13-8-16-25-17-18(2)3)24-14-11-20(12-15-24)26-19-9-6-5-7-10-19/h5-7,9-10,18,20H,4,8,11-17H2,1-3H3,(H,22,23). The van der Waals surface area contributed by atoms with E-state index in [2.05, 4.69) is 31.0 Å². The molecule has 5 nitrogen and oxygen atoms in total. The molecule has 2 rings (SSSR count). The Hall–Kier alpha value is -1.75. The summed E-state index contributed by atoms with van der Waals surface area (Å²) in [6.45, 7) is 11.7. The smallest absolute Gasteiger partial charge is 0.193 e. The number of likely N-dealkylation sites (tertiary alicyclic amines) is 1. The van der Waals surface area contributed by atoms with Gasteiger partial charge >= 0.3 is 0 Å². The summed E-state index contributed by atoms with van der Waals surface area (Å²) in [5.41, 5.74) is 0. The van der Waals surface area contributed by atoms with Gasteiger partial charge in [0.2, 0.25) is 0 Å². The first-order chi connectivity index (χ1) is 12.7. The largest absolute Gasteiger partial charge is 0.490 e. The maximum Gasteiger partial charge on any atom is 0.193 e. The molecule has 1 saturated heterocycles. The van der Waals surface area contributed by atoms with E-state index in [-0.39, 0.29) is 0 Å². The van der Waals surface area contributed by atoms with Crippen molar-refractivity contribution in [2.45, 2.75) is 46.1 Å². The summed E-state index contributed by atoms with van der Waals surface area (Å²) < 4.78 is 11.7. The van der Waals surface area contributed by atoms with Crippen molar-refractivity contribution in [3.05, 3.63) is 30.3 Å². The Kier molecular flexibility index (Phi) is 9.32. The lowest BCUT2D eigenvalue weighted by Crippen LogP contribution is -2.47. The zero-order valence-corrected chi connectivity index (χ0v) is 16.6. The van der Waals surface area contributed by atoms with E-state index in [1.165, 1.54) is 0 Å². The average Bonchev–Trinajstić information content (AvgIpc) is 2.65. The summed E-state index contributed by atoms with van der Waals surface area (Å²) in [5.74, 6) is 2.58. The summed E-state index contributed by atoms with van der Waals surface area (Å²) in [7, 11) is 0. The van der Waals surface area contributed by atoms with Gasteiger partial charge < -0.3 is 19.7 Å². The molecule has 146 valence electrons. The Labute approximate surface area is 158 Å². The molecular weight excluding hydrogens is 326 g/mol. The third kappa shape index (κ3) is 7.65. The maximum absolute atomic E-state index is 6.08. The van der Waals surface area contributed by atoms with Crippen LogP contribution in [0.2, 0.25) is 0 Å². The molecule has 0 amide bonds. The van der Waals surface area contributed by atoms with Crippen LogP contribution in [0, 0.1) is 5.92 Å². The van der Waals surface area contributed by atoms with Crippen molar-refractivity contribution in [2.75, 3.05) is 39.4 Å². The molecule has 0 bridgehead atoms. The molecule has 1 aliphatic rings. The Balaban J connectivity index is 1.73. The summed E-state index contributed by atoms with van der Waals surface area (Å²) in [5, 5.41) is 3.42. The number of nitrogens with one attached hydrogen (secondary N) is 1. The zero-order valence-electron chi connectivity index (χ0n) is 16.6. The van der Waals surface area contributed by atoms with Crippen LogP contribution >= 0.6 is 0 Å². The van der Waals surface area contributed by atoms with Gasteiger partial charge in [0, 0.05) is 52.2 Å². The number of benzene rings is 1. The van der Waals surface area contributed by atoms with Crippen LogP contribution in [-0.4, -0.2) is 56.4 Å². The second-order valence-corrected chi connectivity index (χ2v) is 7.18. The highest BCUT2D eigenvalue weighted by Gasteiger charge is 2.22. The van der Waals surface area contributed by atoms with Crippen molar-refractivity contribution in [1.82, 2.24) is 10.2 Å². The van der Waals surface area contributed by atoms with Gasteiger partial charge in [-0.1, -0.05) is 32.0 Å². The fraction of sp³-hybridized carbons (Fsp3) is 0.667. The summed E-state index contributed by atoms with van der Waals surface area (Å²) >= 11 is 0. The van der Waals surface area contributed by atoms with Crippen molar-refractivity contribution in [3.8, 4) is 5.75 Å². The van der Waals surface area contributed by atoms with Crippen LogP contribution in [-0.2, 0) is 4.74 Å². The predicted molar refractivity (Wildman–Crippen MR) is 108 cm³/mol. The molecule has 0 aromatic heterocycles. The highest BCUT2D eigenvalue weighted by atomic mass is 16.5. The number of hydrogen-bond donors (Lipinski definition) is 1. The molecule has 1 aliphatic heterocycles. The van der Waals surface area contributed by atoms with Crippen LogP contribution in [0.3, 0.4) is 0 Å². The number of para-hydroxylation sites is 1. The van der Waals surface area contributed by atoms with E-state index < -0.39 is 0 Å². The van der Waals surface area contributed by atoms with Crippen LogP contribution in [0.15, 0.2) is 35.3 Å². The first-order valence-corrected chi connectivity index (χ1v) is 10.0. The molecule has 1 aromatic carbocycles. The normalized spacial score (nSPS) is 16.2. The van der Waals surface area contributed by atoms with E-state index in [0.717, 1.165) is 70.4 Å². The molecule has 0 radical (unpaired) electrons. The van der Waals surface area contributed by atoms with Gasteiger partial charge in [-0.05, 0) is 31.4 Å². The zero-order chi connectivity index (χ0) is 18.6. The number of piperidine rings is 1. The third-order valence-electron chi connectivity index (χ3n) is 4.28. The molecular formula is C21H35N3O2. The Morgan fingerprint density at radius 2 is 1.96 bits per heavy atom. The van der Waals surface area contributed by atoms with Crippen LogP contribution < -0.4 is 10.1 Å². The van der Waals surface area contributed by atoms with E-state index in [1.54, 1.807) is 0 Å². The van der Waals surface area contributed by atoms with E-state index in [4.69, 9.17) is 14.5 Å². The van der Waals surface area contributed by atoms with Crippen LogP contribution in [0.5, 0.6) is 5.75 Å². The predicted octanol–water partition coefficient (Wildman–Crippen LogP) is 3.56. The molecule has 0 spiro atoms. The fourth-order valence-corrected chi connectivity index (χ4v) is 2.97. The first kappa shape index (κ1) is 20.6. The average molecular weight is 362 g/mol. The van der Waals surface area contributed by atoms with Gasteiger partial charge in [0.25, 0.3) is 0 Å². The molecule has 0 atom stereocenters. The minimum absolute atomic E-state index is 0.293. The molecule has 1 aromatic rings.